The number of nitrogens with two attached hydrogens (primary N) is 2. The number of imidazole rings is 1. The van der Waals surface area contributed by atoms with E-state index in [4.69, 9.17) is 26.2 Å². The van der Waals surface area contributed by atoms with Crippen molar-refractivity contribution < 1.29 is 18.7 Å². The number of rotatable bonds is 8. The predicted molar refractivity (Wildman–Crippen MR) is 173 cm³/mol. The van der Waals surface area contributed by atoms with Crippen LogP contribution < -0.4 is 16.2 Å². The Labute approximate surface area is 265 Å². The van der Waals surface area contributed by atoms with Gasteiger partial charge < -0.3 is 30.2 Å². The standard InChI is InChI=1S/C34H37FN8O3/c1-18-25(8-7-24(38-18)14-30(37)44)26-9-6-20-11-28(43(32(20)39-26)15-19-4-5-19)33-40-27-10-21(12-29(46-3)31(27)41(33)2)34(45)42-16-22(35)13-23(36)17-42/h6-12,19,22-23H,4-5,13-17,36H2,1-3H3,(H2,37,44)/t22-,23-/m1/s1. The van der Waals surface area contributed by atoms with Crippen molar-refractivity contribution in [2.75, 3.05) is 20.2 Å². The number of halogens is 1. The summed E-state index contributed by atoms with van der Waals surface area (Å²) in [6, 6.07) is 12.9. The summed E-state index contributed by atoms with van der Waals surface area (Å²) in [6.45, 7) is 3.02. The van der Waals surface area contributed by atoms with E-state index in [2.05, 4.69) is 21.7 Å². The van der Waals surface area contributed by atoms with E-state index in [1.165, 1.54) is 4.90 Å². The van der Waals surface area contributed by atoms with Crippen molar-refractivity contribution in [2.45, 2.75) is 51.4 Å². The molecule has 0 bridgehead atoms. The van der Waals surface area contributed by atoms with Gasteiger partial charge in [0.1, 0.15) is 23.1 Å². The number of hydrogen-bond acceptors (Lipinski definition) is 7. The number of fused-ring (bicyclic) bond motifs is 2. The predicted octanol–water partition coefficient (Wildman–Crippen LogP) is 3.92. The van der Waals surface area contributed by atoms with E-state index in [0.717, 1.165) is 64.4 Å². The second kappa shape index (κ2) is 11.5. The number of alkyl halides is 1. The fraction of sp³-hybridized carbons (Fsp3) is 0.382. The van der Waals surface area contributed by atoms with E-state index in [1.807, 2.05) is 36.7 Å². The lowest BCUT2D eigenvalue weighted by Crippen LogP contribution is -2.50. The molecule has 2 atom stereocenters. The van der Waals surface area contributed by atoms with Gasteiger partial charge in [-0.05, 0) is 74.6 Å². The molecule has 2 fully saturated rings. The number of amides is 2. The smallest absolute Gasteiger partial charge is 0.254 e. The number of pyridine rings is 2. The number of benzene rings is 1. The van der Waals surface area contributed by atoms with Gasteiger partial charge in [0.2, 0.25) is 5.91 Å². The molecular weight excluding hydrogens is 587 g/mol. The minimum atomic E-state index is -1.15. The Balaban J connectivity index is 1.32. The molecule has 0 unspecified atom stereocenters. The Hall–Kier alpha value is -4.84. The molecule has 5 heterocycles. The molecule has 1 aliphatic carbocycles. The number of primary amides is 1. The third-order valence-electron chi connectivity index (χ3n) is 9.01. The monoisotopic (exact) mass is 624 g/mol. The number of likely N-dealkylation sites (tertiary alicyclic amines) is 1. The number of methoxy groups -OCH3 is 1. The summed E-state index contributed by atoms with van der Waals surface area (Å²) in [5.74, 6) is 1.06. The molecule has 2 aliphatic rings. The average molecular weight is 625 g/mol. The fourth-order valence-electron chi connectivity index (χ4n) is 6.61. The molecule has 2 amide bonds. The van der Waals surface area contributed by atoms with Crippen LogP contribution in [0.4, 0.5) is 4.39 Å². The maximum Gasteiger partial charge on any atom is 0.254 e. The van der Waals surface area contributed by atoms with Gasteiger partial charge in [0, 0.05) is 48.4 Å². The molecule has 5 aromatic rings. The Morgan fingerprint density at radius 2 is 1.87 bits per heavy atom. The van der Waals surface area contributed by atoms with Gasteiger partial charge in [0.25, 0.3) is 5.91 Å². The van der Waals surface area contributed by atoms with Crippen LogP contribution in [0.1, 0.15) is 41.0 Å². The molecule has 238 valence electrons. The molecule has 1 saturated heterocycles. The first-order chi connectivity index (χ1) is 22.1. The molecule has 7 rings (SSSR count). The van der Waals surface area contributed by atoms with Crippen LogP contribution in [0.3, 0.4) is 0 Å². The zero-order valence-corrected chi connectivity index (χ0v) is 26.2. The fourth-order valence-corrected chi connectivity index (χ4v) is 6.61. The van der Waals surface area contributed by atoms with Crippen molar-refractivity contribution in [3.8, 4) is 28.5 Å². The van der Waals surface area contributed by atoms with E-state index in [1.54, 1.807) is 19.2 Å². The summed E-state index contributed by atoms with van der Waals surface area (Å²) >= 11 is 0. The maximum atomic E-state index is 14.3. The van der Waals surface area contributed by atoms with Gasteiger partial charge in [-0.25, -0.2) is 14.4 Å². The second-order valence-corrected chi connectivity index (χ2v) is 12.6. The molecule has 0 radical (unpaired) electrons. The number of hydrogen-bond donors (Lipinski definition) is 2. The quantitative estimate of drug-likeness (QED) is 0.266. The lowest BCUT2D eigenvalue weighted by atomic mass is 10.0. The van der Waals surface area contributed by atoms with Crippen LogP contribution in [-0.4, -0.2) is 73.2 Å². The van der Waals surface area contributed by atoms with Gasteiger partial charge in [0.05, 0.1) is 42.7 Å². The van der Waals surface area contributed by atoms with E-state index in [-0.39, 0.29) is 25.3 Å². The van der Waals surface area contributed by atoms with Crippen LogP contribution in [0.15, 0.2) is 42.5 Å². The summed E-state index contributed by atoms with van der Waals surface area (Å²) < 4.78 is 24.3. The summed E-state index contributed by atoms with van der Waals surface area (Å²) in [5.41, 5.74) is 17.9. The molecule has 1 saturated carbocycles. The van der Waals surface area contributed by atoms with E-state index >= 15 is 0 Å². The number of carbonyl (C=O) groups is 2. The molecular formula is C34H37FN8O3. The van der Waals surface area contributed by atoms with Gasteiger partial charge in [0.15, 0.2) is 5.82 Å². The SMILES string of the molecule is COc1cc(C(=O)N2C[C@H](N)C[C@@H](F)C2)cc2nc(-c3cc4ccc(-c5ccc(CC(N)=O)nc5C)nc4n3CC3CC3)n(C)c12. The van der Waals surface area contributed by atoms with Crippen LogP contribution in [0.2, 0.25) is 0 Å². The first-order valence-corrected chi connectivity index (χ1v) is 15.6. The van der Waals surface area contributed by atoms with Crippen molar-refractivity contribution in [3.63, 3.8) is 0 Å². The number of ether oxygens (including phenoxy) is 1. The lowest BCUT2D eigenvalue weighted by molar-refractivity contribution is -0.117. The van der Waals surface area contributed by atoms with Crippen LogP contribution in [0.25, 0.3) is 44.8 Å². The van der Waals surface area contributed by atoms with Crippen molar-refractivity contribution in [3.05, 3.63) is 59.4 Å². The normalized spacial score (nSPS) is 18.4. The number of piperidine rings is 1. The summed E-state index contributed by atoms with van der Waals surface area (Å²) in [7, 11) is 3.50. The van der Waals surface area contributed by atoms with E-state index in [0.29, 0.717) is 35.0 Å². The highest BCUT2D eigenvalue weighted by Crippen LogP contribution is 2.38. The van der Waals surface area contributed by atoms with Crippen LogP contribution in [-0.2, 0) is 24.8 Å². The van der Waals surface area contributed by atoms with Gasteiger partial charge in [-0.1, -0.05) is 0 Å². The Morgan fingerprint density at radius 3 is 2.57 bits per heavy atom. The molecule has 1 aromatic carbocycles. The first-order valence-electron chi connectivity index (χ1n) is 15.6. The Morgan fingerprint density at radius 1 is 1.07 bits per heavy atom. The van der Waals surface area contributed by atoms with E-state index in [9.17, 15) is 14.0 Å². The second-order valence-electron chi connectivity index (χ2n) is 12.6. The molecule has 11 nitrogen and oxygen atoms in total. The van der Waals surface area contributed by atoms with Crippen molar-refractivity contribution in [1.29, 1.82) is 0 Å². The van der Waals surface area contributed by atoms with Crippen LogP contribution >= 0.6 is 0 Å². The first kappa shape index (κ1) is 29.8. The number of nitrogens with zero attached hydrogens (tertiary/aromatic N) is 6. The maximum absolute atomic E-state index is 14.3. The number of aryl methyl sites for hydroxylation is 2. The van der Waals surface area contributed by atoms with Crippen molar-refractivity contribution in [2.24, 2.45) is 24.4 Å². The summed E-state index contributed by atoms with van der Waals surface area (Å²) in [5, 5.41) is 0.979. The highest BCUT2D eigenvalue weighted by Gasteiger charge is 2.30. The average Bonchev–Trinajstić information content (AvgIpc) is 3.68. The summed E-state index contributed by atoms with van der Waals surface area (Å²) in [4.78, 5) is 41.1. The lowest BCUT2D eigenvalue weighted by Gasteiger charge is -2.33. The molecule has 12 heteroatoms. The third-order valence-corrected chi connectivity index (χ3v) is 9.01. The largest absolute Gasteiger partial charge is 0.494 e. The highest BCUT2D eigenvalue weighted by molar-refractivity contribution is 6.00. The Bertz CT molecular complexity index is 2000. The number of carbonyl (C=O) groups excluding carboxylic acids is 2. The van der Waals surface area contributed by atoms with Crippen molar-refractivity contribution >= 4 is 33.9 Å². The highest BCUT2D eigenvalue weighted by atomic mass is 19.1. The molecule has 1 aliphatic heterocycles. The number of aromatic nitrogens is 5. The summed E-state index contributed by atoms with van der Waals surface area (Å²) in [6.07, 6.45) is 1.50. The van der Waals surface area contributed by atoms with Gasteiger partial charge in [-0.2, -0.15) is 0 Å². The van der Waals surface area contributed by atoms with Crippen LogP contribution in [0.5, 0.6) is 5.75 Å². The third kappa shape index (κ3) is 5.46. The van der Waals surface area contributed by atoms with Crippen molar-refractivity contribution in [1.82, 2.24) is 29.0 Å². The molecule has 46 heavy (non-hydrogen) atoms. The van der Waals surface area contributed by atoms with E-state index < -0.39 is 18.1 Å². The topological polar surface area (TPSA) is 147 Å². The van der Waals surface area contributed by atoms with Gasteiger partial charge in [-0.3, -0.25) is 14.6 Å². The van der Waals surface area contributed by atoms with Gasteiger partial charge >= 0.3 is 0 Å². The minimum Gasteiger partial charge on any atom is -0.494 e. The molecule has 0 spiro atoms. The Kier molecular flexibility index (Phi) is 7.47. The zero-order chi connectivity index (χ0) is 32.3. The minimum absolute atomic E-state index is 0.0176. The zero-order valence-electron chi connectivity index (χ0n) is 26.2. The van der Waals surface area contributed by atoms with Crippen LogP contribution in [0, 0.1) is 12.8 Å². The van der Waals surface area contributed by atoms with Gasteiger partial charge in [-0.15, -0.1) is 0 Å². The molecule has 4 aromatic heterocycles. The molecule has 4 N–H and O–H groups in total.